The lowest BCUT2D eigenvalue weighted by Gasteiger charge is -2.36. The van der Waals surface area contributed by atoms with Crippen LogP contribution in [0.5, 0.6) is 5.88 Å². The number of aromatic nitrogens is 1. The quantitative estimate of drug-likeness (QED) is 0.329. The summed E-state index contributed by atoms with van der Waals surface area (Å²) in [5, 5.41) is 14.6. The van der Waals surface area contributed by atoms with Crippen LogP contribution >= 0.6 is 0 Å². The predicted octanol–water partition coefficient (Wildman–Crippen LogP) is 6.95. The van der Waals surface area contributed by atoms with Crippen molar-refractivity contribution in [3.63, 3.8) is 0 Å². The number of rotatable bonds is 9. The Labute approximate surface area is 257 Å². The van der Waals surface area contributed by atoms with Gasteiger partial charge in [-0.15, -0.1) is 0 Å². The Balaban J connectivity index is 1.51. The second-order valence-electron chi connectivity index (χ2n) is 14.2. The van der Waals surface area contributed by atoms with Gasteiger partial charge in [-0.2, -0.15) is 0 Å². The van der Waals surface area contributed by atoms with Crippen LogP contribution in [0.4, 0.5) is 0 Å². The summed E-state index contributed by atoms with van der Waals surface area (Å²) in [5.41, 5.74) is 2.79. The largest absolute Gasteiger partial charge is 0.481 e. The molecular formula is C36H51N3O4. The number of aliphatic carboxylic acids is 1. The van der Waals surface area contributed by atoms with Crippen molar-refractivity contribution in [2.24, 2.45) is 23.2 Å². The normalized spacial score (nSPS) is 25.5. The highest BCUT2D eigenvalue weighted by atomic mass is 16.5. The van der Waals surface area contributed by atoms with Crippen LogP contribution < -0.4 is 10.1 Å². The maximum Gasteiger partial charge on any atom is 0.326 e. The van der Waals surface area contributed by atoms with Crippen LogP contribution in [0, 0.1) is 23.2 Å². The van der Waals surface area contributed by atoms with Gasteiger partial charge < -0.3 is 20.1 Å². The first-order valence-corrected chi connectivity index (χ1v) is 16.5. The van der Waals surface area contributed by atoms with Crippen LogP contribution in [0.2, 0.25) is 0 Å². The monoisotopic (exact) mass is 589 g/mol. The molecule has 5 rings (SSSR count). The zero-order chi connectivity index (χ0) is 30.6. The fourth-order valence-electron chi connectivity index (χ4n) is 8.21. The Hall–Kier alpha value is -2.93. The van der Waals surface area contributed by atoms with Gasteiger partial charge in [-0.05, 0) is 47.8 Å². The number of benzene rings is 1. The van der Waals surface area contributed by atoms with E-state index in [1.807, 2.05) is 36.5 Å². The number of carboxylic acid groups (broad SMARTS) is 1. The molecule has 1 aliphatic heterocycles. The van der Waals surface area contributed by atoms with Crippen molar-refractivity contribution in [2.75, 3.05) is 7.11 Å². The average Bonchev–Trinajstić information content (AvgIpc) is 3.37. The highest BCUT2D eigenvalue weighted by molar-refractivity contribution is 5.87. The first kappa shape index (κ1) is 31.5. The second-order valence-corrected chi connectivity index (χ2v) is 14.2. The fraction of sp³-hybridized carbons (Fsp3) is 0.639. The van der Waals surface area contributed by atoms with Gasteiger partial charge in [-0.25, -0.2) is 9.78 Å². The van der Waals surface area contributed by atoms with Crippen LogP contribution in [-0.4, -0.2) is 46.1 Å². The molecule has 43 heavy (non-hydrogen) atoms. The number of carbonyl (C=O) groups excluding carboxylic acids is 1. The third kappa shape index (κ3) is 7.08. The number of pyridine rings is 1. The van der Waals surface area contributed by atoms with Crippen molar-refractivity contribution >= 4 is 11.9 Å². The van der Waals surface area contributed by atoms with Gasteiger partial charge in [0.15, 0.2) is 0 Å². The minimum Gasteiger partial charge on any atom is -0.481 e. The van der Waals surface area contributed by atoms with Crippen LogP contribution in [0.15, 0.2) is 42.6 Å². The van der Waals surface area contributed by atoms with Gasteiger partial charge >= 0.3 is 5.97 Å². The first-order chi connectivity index (χ1) is 20.7. The van der Waals surface area contributed by atoms with E-state index in [9.17, 15) is 14.7 Å². The molecule has 0 unspecified atom stereocenters. The molecule has 234 valence electrons. The van der Waals surface area contributed by atoms with Crippen LogP contribution in [0.1, 0.15) is 108 Å². The molecule has 1 aromatic carbocycles. The second kappa shape index (κ2) is 13.8. The summed E-state index contributed by atoms with van der Waals surface area (Å²) in [7, 11) is 1.65. The van der Waals surface area contributed by atoms with Gasteiger partial charge in [0.2, 0.25) is 11.8 Å². The fourth-order valence-corrected chi connectivity index (χ4v) is 8.21. The molecule has 1 amide bonds. The van der Waals surface area contributed by atoms with Crippen LogP contribution in [-0.2, 0) is 22.6 Å². The standard InChI is InChI=1S/C36H51N3O4/c1-36(2,3)29-30(37-23-28-21-25(22-38-33(28)43-4)20-24-14-8-5-9-15-24)31(26-16-10-6-11-17-26)39(32(29)35(41)42)34(40)27-18-12-7-13-19-27/h6,10-11,16-17,21-22,24,27,29-32,37H,5,7-9,12-15,18-20,23H2,1-4H3,(H,41,42)/t29-,30-,31-,32-/m0/s1. The van der Waals surface area contributed by atoms with Crippen molar-refractivity contribution in [3.8, 4) is 5.88 Å². The molecule has 2 aromatic rings. The number of ether oxygens (including phenoxy) is 1. The number of carboxylic acids is 1. The average molecular weight is 590 g/mol. The molecule has 4 atom stereocenters. The molecular weight excluding hydrogens is 538 g/mol. The Bertz CT molecular complexity index is 1230. The summed E-state index contributed by atoms with van der Waals surface area (Å²) >= 11 is 0. The summed E-state index contributed by atoms with van der Waals surface area (Å²) in [4.78, 5) is 33.9. The lowest BCUT2D eigenvalue weighted by molar-refractivity contribution is -0.154. The number of methoxy groups -OCH3 is 1. The molecule has 2 N–H and O–H groups in total. The minimum atomic E-state index is -0.928. The van der Waals surface area contributed by atoms with Gasteiger partial charge in [0.05, 0.1) is 13.2 Å². The van der Waals surface area contributed by atoms with E-state index in [0.29, 0.717) is 18.3 Å². The maximum atomic E-state index is 14.3. The van der Waals surface area contributed by atoms with Crippen molar-refractivity contribution in [2.45, 2.75) is 116 Å². The third-order valence-corrected chi connectivity index (χ3v) is 10.2. The summed E-state index contributed by atoms with van der Waals surface area (Å²) in [6, 6.07) is 10.6. The molecule has 0 bridgehead atoms. The number of likely N-dealkylation sites (tertiary alicyclic amines) is 1. The van der Waals surface area contributed by atoms with Gasteiger partial charge in [0, 0.05) is 36.2 Å². The van der Waals surface area contributed by atoms with Gasteiger partial charge in [-0.1, -0.05) is 102 Å². The molecule has 0 spiro atoms. The molecule has 7 nitrogen and oxygen atoms in total. The molecule has 3 aliphatic rings. The first-order valence-electron chi connectivity index (χ1n) is 16.5. The zero-order valence-corrected chi connectivity index (χ0v) is 26.6. The number of hydrogen-bond acceptors (Lipinski definition) is 5. The van der Waals surface area contributed by atoms with E-state index in [4.69, 9.17) is 4.74 Å². The zero-order valence-electron chi connectivity index (χ0n) is 26.6. The van der Waals surface area contributed by atoms with Gasteiger partial charge in [-0.3, -0.25) is 4.79 Å². The van der Waals surface area contributed by atoms with Crippen molar-refractivity contribution in [1.29, 1.82) is 0 Å². The topological polar surface area (TPSA) is 91.8 Å². The van der Waals surface area contributed by atoms with Crippen molar-refractivity contribution in [1.82, 2.24) is 15.2 Å². The Morgan fingerprint density at radius 2 is 1.65 bits per heavy atom. The number of amides is 1. The minimum absolute atomic E-state index is 0.00627. The van der Waals surface area contributed by atoms with E-state index in [1.54, 1.807) is 12.0 Å². The predicted molar refractivity (Wildman–Crippen MR) is 169 cm³/mol. The molecule has 2 aliphatic carbocycles. The summed E-state index contributed by atoms with van der Waals surface area (Å²) in [6.07, 6.45) is 14.3. The number of nitrogens with one attached hydrogen (secondary N) is 1. The highest BCUT2D eigenvalue weighted by Crippen LogP contribution is 2.49. The SMILES string of the molecule is COc1ncc(CC2CCCCC2)cc1CN[C@H]1[C@H](C(C)(C)C)[C@@H](C(=O)O)N(C(=O)C2CCCCC2)[C@H]1c1ccccc1. The number of hydrogen-bond donors (Lipinski definition) is 2. The summed E-state index contributed by atoms with van der Waals surface area (Å²) in [6.45, 7) is 6.79. The van der Waals surface area contributed by atoms with E-state index < -0.39 is 18.1 Å². The van der Waals surface area contributed by atoms with E-state index in [1.165, 1.54) is 37.7 Å². The third-order valence-electron chi connectivity index (χ3n) is 10.2. The van der Waals surface area contributed by atoms with Gasteiger partial charge in [0.25, 0.3) is 0 Å². The Kier molecular flexibility index (Phi) is 10.1. The molecule has 1 saturated heterocycles. The molecule has 2 saturated carbocycles. The molecule has 1 aromatic heterocycles. The van der Waals surface area contributed by atoms with Crippen LogP contribution in [0.3, 0.4) is 0 Å². The van der Waals surface area contributed by atoms with Crippen molar-refractivity contribution in [3.05, 3.63) is 59.3 Å². The van der Waals surface area contributed by atoms with E-state index in [-0.39, 0.29) is 29.2 Å². The molecule has 3 fully saturated rings. The van der Waals surface area contributed by atoms with Crippen LogP contribution in [0.25, 0.3) is 0 Å². The maximum absolute atomic E-state index is 14.3. The Morgan fingerprint density at radius 1 is 1.00 bits per heavy atom. The van der Waals surface area contributed by atoms with E-state index in [2.05, 4.69) is 37.1 Å². The number of nitrogens with zero attached hydrogens (tertiary/aromatic N) is 2. The smallest absolute Gasteiger partial charge is 0.326 e. The van der Waals surface area contributed by atoms with E-state index >= 15 is 0 Å². The lowest BCUT2D eigenvalue weighted by Crippen LogP contribution is -2.49. The van der Waals surface area contributed by atoms with Crippen molar-refractivity contribution < 1.29 is 19.4 Å². The van der Waals surface area contributed by atoms with Gasteiger partial charge in [0.1, 0.15) is 6.04 Å². The van der Waals surface area contributed by atoms with E-state index in [0.717, 1.165) is 49.7 Å². The molecule has 7 heteroatoms. The summed E-state index contributed by atoms with van der Waals surface area (Å²) in [5.74, 6) is -0.0836. The highest BCUT2D eigenvalue weighted by Gasteiger charge is 2.58. The Morgan fingerprint density at radius 3 is 2.26 bits per heavy atom. The lowest BCUT2D eigenvalue weighted by atomic mass is 9.72. The molecule has 2 heterocycles. The summed E-state index contributed by atoms with van der Waals surface area (Å²) < 4.78 is 5.70. The number of carbonyl (C=O) groups is 2. The molecule has 0 radical (unpaired) electrons.